The number of nitrogens with zero attached hydrogens (tertiary/aromatic N) is 3. The van der Waals surface area contributed by atoms with Crippen LogP contribution in [-0.2, 0) is 24.5 Å². The largest absolute Gasteiger partial charge is 0.486 e. The van der Waals surface area contributed by atoms with Crippen molar-refractivity contribution in [1.29, 1.82) is 0 Å². The maximum Gasteiger partial charge on any atom is 0.338 e. The lowest BCUT2D eigenvalue weighted by Gasteiger charge is -2.05. The average molecular weight is 423 g/mol. The molecule has 0 saturated carbocycles. The Balaban J connectivity index is 1.26. The molecular weight excluding hydrogens is 405 g/mol. The number of thiazole rings is 1. The van der Waals surface area contributed by atoms with Gasteiger partial charge in [0, 0.05) is 17.8 Å². The lowest BCUT2D eigenvalue weighted by Crippen LogP contribution is -2.06. The van der Waals surface area contributed by atoms with Gasteiger partial charge >= 0.3 is 5.97 Å². The molecule has 30 heavy (non-hydrogen) atoms. The maximum atomic E-state index is 12.9. The monoisotopic (exact) mass is 423 g/mol. The van der Waals surface area contributed by atoms with Gasteiger partial charge in [0.05, 0.1) is 17.8 Å². The molecular formula is C22H18FN3O3S. The molecule has 0 fully saturated rings. The third-order valence-corrected chi connectivity index (χ3v) is 5.09. The van der Waals surface area contributed by atoms with Crippen LogP contribution in [0.5, 0.6) is 5.75 Å². The Morgan fingerprint density at radius 3 is 2.60 bits per heavy atom. The Hall–Kier alpha value is -3.52. The molecule has 8 heteroatoms. The summed E-state index contributed by atoms with van der Waals surface area (Å²) in [6.45, 7) is 0.993. The molecule has 0 radical (unpaired) electrons. The molecule has 0 aliphatic carbocycles. The van der Waals surface area contributed by atoms with Gasteiger partial charge in [-0.1, -0.05) is 12.1 Å². The van der Waals surface area contributed by atoms with Crippen molar-refractivity contribution < 1.29 is 18.7 Å². The Labute approximate surface area is 176 Å². The van der Waals surface area contributed by atoms with Crippen LogP contribution in [0.4, 0.5) is 4.39 Å². The fourth-order valence-electron chi connectivity index (χ4n) is 2.71. The van der Waals surface area contributed by atoms with Crippen LogP contribution in [-0.4, -0.2) is 20.7 Å². The van der Waals surface area contributed by atoms with E-state index in [1.165, 1.54) is 23.5 Å². The summed E-state index contributed by atoms with van der Waals surface area (Å²) in [5.41, 5.74) is 2.18. The average Bonchev–Trinajstić information content (AvgIpc) is 3.44. The minimum atomic E-state index is -0.405. The van der Waals surface area contributed by atoms with Crippen molar-refractivity contribution in [2.45, 2.75) is 19.8 Å². The minimum absolute atomic E-state index is 0.0842. The van der Waals surface area contributed by atoms with Crippen LogP contribution < -0.4 is 4.74 Å². The van der Waals surface area contributed by atoms with Gasteiger partial charge in [-0.05, 0) is 48.0 Å². The second-order valence-corrected chi connectivity index (χ2v) is 7.39. The molecule has 4 aromatic rings. The number of aromatic nitrogens is 3. The molecule has 0 spiro atoms. The van der Waals surface area contributed by atoms with Crippen LogP contribution in [0.25, 0.3) is 0 Å². The van der Waals surface area contributed by atoms with Crippen LogP contribution in [0.15, 0.2) is 72.4 Å². The van der Waals surface area contributed by atoms with Gasteiger partial charge in [0.15, 0.2) is 0 Å². The standard InChI is InChI=1S/C22H18FN3O3S/c23-18-6-8-20(9-7-18)28-14-21-25-19(15-30-21)13-29-22(27)17-4-2-16(3-5-17)12-26-11-1-10-24-26/h1-11,15H,12-14H2. The molecule has 0 aliphatic heterocycles. The minimum Gasteiger partial charge on any atom is -0.486 e. The molecule has 2 aromatic heterocycles. The van der Waals surface area contributed by atoms with Crippen LogP contribution in [0.2, 0.25) is 0 Å². The molecule has 4 rings (SSSR count). The van der Waals surface area contributed by atoms with E-state index in [4.69, 9.17) is 9.47 Å². The molecule has 6 nitrogen and oxygen atoms in total. The molecule has 0 N–H and O–H groups in total. The summed E-state index contributed by atoms with van der Waals surface area (Å²) >= 11 is 1.41. The number of esters is 1. The van der Waals surface area contributed by atoms with Crippen LogP contribution >= 0.6 is 11.3 Å². The van der Waals surface area contributed by atoms with Crippen molar-refractivity contribution in [3.63, 3.8) is 0 Å². The van der Waals surface area contributed by atoms with Crippen molar-refractivity contribution >= 4 is 17.3 Å². The van der Waals surface area contributed by atoms with E-state index in [9.17, 15) is 9.18 Å². The number of benzene rings is 2. The lowest BCUT2D eigenvalue weighted by molar-refractivity contribution is 0.0468. The summed E-state index contributed by atoms with van der Waals surface area (Å²) in [5.74, 6) is -0.151. The number of hydrogen-bond acceptors (Lipinski definition) is 6. The van der Waals surface area contributed by atoms with E-state index >= 15 is 0 Å². The quantitative estimate of drug-likeness (QED) is 0.392. The topological polar surface area (TPSA) is 66.2 Å². The van der Waals surface area contributed by atoms with Crippen molar-refractivity contribution in [2.24, 2.45) is 0 Å². The Morgan fingerprint density at radius 1 is 1.07 bits per heavy atom. The zero-order valence-corrected chi connectivity index (χ0v) is 16.7. The SMILES string of the molecule is O=C(OCc1csc(COc2ccc(F)cc2)n1)c1ccc(Cn2cccn2)cc1. The first-order valence-electron chi connectivity index (χ1n) is 9.21. The van der Waals surface area contributed by atoms with Gasteiger partial charge in [0.2, 0.25) is 0 Å². The third-order valence-electron chi connectivity index (χ3n) is 4.22. The predicted octanol–water partition coefficient (Wildman–Crippen LogP) is 4.46. The van der Waals surface area contributed by atoms with Crippen molar-refractivity contribution in [3.8, 4) is 5.75 Å². The van der Waals surface area contributed by atoms with Gasteiger partial charge in [-0.2, -0.15) is 5.10 Å². The highest BCUT2D eigenvalue weighted by Gasteiger charge is 2.10. The summed E-state index contributed by atoms with van der Waals surface area (Å²) in [4.78, 5) is 16.7. The van der Waals surface area contributed by atoms with E-state index in [1.807, 2.05) is 34.5 Å². The number of carbonyl (C=O) groups is 1. The van der Waals surface area contributed by atoms with Crippen molar-refractivity contribution in [1.82, 2.24) is 14.8 Å². The zero-order chi connectivity index (χ0) is 20.8. The van der Waals surface area contributed by atoms with Crippen LogP contribution in [0, 0.1) is 5.82 Å². The van der Waals surface area contributed by atoms with Crippen LogP contribution in [0.1, 0.15) is 26.6 Å². The van der Waals surface area contributed by atoms with Gasteiger partial charge in [-0.15, -0.1) is 11.3 Å². The molecule has 0 atom stereocenters. The predicted molar refractivity (Wildman–Crippen MR) is 110 cm³/mol. The molecule has 0 unspecified atom stereocenters. The number of ether oxygens (including phenoxy) is 2. The number of rotatable bonds is 8. The second-order valence-electron chi connectivity index (χ2n) is 6.45. The van der Waals surface area contributed by atoms with E-state index in [-0.39, 0.29) is 19.0 Å². The number of hydrogen-bond donors (Lipinski definition) is 0. The van der Waals surface area contributed by atoms with Gasteiger partial charge in [-0.3, -0.25) is 4.68 Å². The Kier molecular flexibility index (Phi) is 6.14. The summed E-state index contributed by atoms with van der Waals surface area (Å²) in [5, 5.41) is 6.73. The molecule has 2 heterocycles. The Morgan fingerprint density at radius 2 is 1.87 bits per heavy atom. The van der Waals surface area contributed by atoms with E-state index in [2.05, 4.69) is 10.1 Å². The van der Waals surface area contributed by atoms with E-state index in [0.717, 1.165) is 10.6 Å². The molecule has 0 bridgehead atoms. The van der Waals surface area contributed by atoms with Gasteiger partial charge < -0.3 is 9.47 Å². The van der Waals surface area contributed by atoms with E-state index in [0.29, 0.717) is 23.6 Å². The smallest absolute Gasteiger partial charge is 0.338 e. The number of halogens is 1. The van der Waals surface area contributed by atoms with Crippen molar-refractivity contribution in [2.75, 3.05) is 0 Å². The maximum absolute atomic E-state index is 12.9. The number of carbonyl (C=O) groups excluding carboxylic acids is 1. The fourth-order valence-corrected chi connectivity index (χ4v) is 3.40. The summed E-state index contributed by atoms with van der Waals surface area (Å²) in [7, 11) is 0. The van der Waals surface area contributed by atoms with Crippen LogP contribution in [0.3, 0.4) is 0 Å². The second kappa shape index (κ2) is 9.32. The fraction of sp³-hybridized carbons (Fsp3) is 0.136. The molecule has 0 aliphatic rings. The first kappa shape index (κ1) is 19.8. The molecule has 0 saturated heterocycles. The first-order valence-corrected chi connectivity index (χ1v) is 10.1. The zero-order valence-electron chi connectivity index (χ0n) is 15.9. The summed E-state index contributed by atoms with van der Waals surface area (Å²) < 4.78 is 25.6. The van der Waals surface area contributed by atoms with Gasteiger partial charge in [-0.25, -0.2) is 14.2 Å². The normalized spacial score (nSPS) is 10.7. The van der Waals surface area contributed by atoms with Gasteiger partial charge in [0.25, 0.3) is 0 Å². The van der Waals surface area contributed by atoms with Crippen molar-refractivity contribution in [3.05, 3.63) is 100 Å². The lowest BCUT2D eigenvalue weighted by atomic mass is 10.1. The highest BCUT2D eigenvalue weighted by molar-refractivity contribution is 7.09. The van der Waals surface area contributed by atoms with E-state index in [1.54, 1.807) is 30.5 Å². The summed E-state index contributed by atoms with van der Waals surface area (Å²) in [6, 6.07) is 14.9. The third kappa shape index (κ3) is 5.30. The molecule has 152 valence electrons. The van der Waals surface area contributed by atoms with E-state index < -0.39 is 5.97 Å². The highest BCUT2D eigenvalue weighted by atomic mass is 32.1. The first-order chi connectivity index (χ1) is 14.7. The molecule has 2 aromatic carbocycles. The molecule has 0 amide bonds. The highest BCUT2D eigenvalue weighted by Crippen LogP contribution is 2.17. The van der Waals surface area contributed by atoms with Gasteiger partial charge in [0.1, 0.15) is 29.8 Å². The Bertz CT molecular complexity index is 1090. The summed E-state index contributed by atoms with van der Waals surface area (Å²) in [6.07, 6.45) is 3.61.